The van der Waals surface area contributed by atoms with E-state index in [4.69, 9.17) is 5.26 Å². The Bertz CT molecular complexity index is 921. The zero-order valence-corrected chi connectivity index (χ0v) is 15.0. The number of amides is 1. The number of sulfonamides is 1. The minimum absolute atomic E-state index is 0.0393. The highest BCUT2D eigenvalue weighted by Gasteiger charge is 2.17. The predicted molar refractivity (Wildman–Crippen MR) is 94.1 cm³/mol. The zero-order valence-electron chi connectivity index (χ0n) is 14.2. The number of carbonyl (C=O) groups excluding carboxylic acids is 1. The summed E-state index contributed by atoms with van der Waals surface area (Å²) >= 11 is 0. The quantitative estimate of drug-likeness (QED) is 0.821. The molecule has 2 rings (SSSR count). The molecule has 130 valence electrons. The third-order valence-corrected chi connectivity index (χ3v) is 4.83. The first-order valence-corrected chi connectivity index (χ1v) is 9.05. The van der Waals surface area contributed by atoms with Crippen molar-refractivity contribution in [3.8, 4) is 6.07 Å². The monoisotopic (exact) mass is 357 g/mol. The Morgan fingerprint density at radius 2 is 1.72 bits per heavy atom. The number of nitrogens with zero attached hydrogens (tertiary/aromatic N) is 1. The van der Waals surface area contributed by atoms with Crippen molar-refractivity contribution in [1.82, 2.24) is 10.3 Å². The van der Waals surface area contributed by atoms with Gasteiger partial charge in [-0.25, -0.2) is 8.42 Å². The molecule has 2 aromatic rings. The van der Waals surface area contributed by atoms with Gasteiger partial charge in [0.2, 0.25) is 0 Å². The highest BCUT2D eigenvalue weighted by atomic mass is 32.2. The standard InChI is InChI=1S/C18H19N3O3S/c1-18(2,3)15-9-7-14(8-10-15)17(22)20-21-25(23,24)16-6-4-5-13(11-16)12-19/h4-11,21H,1-3H3,(H,20,22). The summed E-state index contributed by atoms with van der Waals surface area (Å²) in [5, 5.41) is 8.84. The van der Waals surface area contributed by atoms with Crippen molar-refractivity contribution in [3.63, 3.8) is 0 Å². The summed E-state index contributed by atoms with van der Waals surface area (Å²) in [7, 11) is -3.96. The van der Waals surface area contributed by atoms with E-state index in [-0.39, 0.29) is 15.9 Å². The second-order valence-corrected chi connectivity index (χ2v) is 8.21. The molecule has 0 radical (unpaired) electrons. The third-order valence-electron chi connectivity index (χ3n) is 3.59. The first-order chi connectivity index (χ1) is 11.6. The van der Waals surface area contributed by atoms with Crippen LogP contribution in [0.2, 0.25) is 0 Å². The average molecular weight is 357 g/mol. The van der Waals surface area contributed by atoms with Gasteiger partial charge in [0.15, 0.2) is 0 Å². The molecule has 0 heterocycles. The van der Waals surface area contributed by atoms with Crippen molar-refractivity contribution in [2.75, 3.05) is 0 Å². The Morgan fingerprint density at radius 3 is 2.28 bits per heavy atom. The van der Waals surface area contributed by atoms with Crippen LogP contribution in [0.15, 0.2) is 53.4 Å². The van der Waals surface area contributed by atoms with E-state index in [0.717, 1.165) is 5.56 Å². The predicted octanol–water partition coefficient (Wildman–Crippen LogP) is 2.48. The molecule has 0 aliphatic carbocycles. The van der Waals surface area contributed by atoms with Gasteiger partial charge in [-0.2, -0.15) is 5.26 Å². The molecule has 7 heteroatoms. The summed E-state index contributed by atoms with van der Waals surface area (Å²) < 4.78 is 24.4. The van der Waals surface area contributed by atoms with Gasteiger partial charge >= 0.3 is 0 Å². The average Bonchev–Trinajstić information content (AvgIpc) is 2.59. The molecule has 0 aromatic heterocycles. The number of hydrogen-bond donors (Lipinski definition) is 2. The molecule has 0 aliphatic heterocycles. The second-order valence-electron chi connectivity index (χ2n) is 6.53. The van der Waals surface area contributed by atoms with Gasteiger partial charge in [-0.1, -0.05) is 39.0 Å². The van der Waals surface area contributed by atoms with E-state index in [1.165, 1.54) is 24.3 Å². The molecule has 1 amide bonds. The number of hydrogen-bond acceptors (Lipinski definition) is 4. The smallest absolute Gasteiger partial charge is 0.266 e. The maximum absolute atomic E-state index is 12.2. The van der Waals surface area contributed by atoms with E-state index in [1.807, 2.05) is 23.0 Å². The molecule has 25 heavy (non-hydrogen) atoms. The van der Waals surface area contributed by atoms with Crippen LogP contribution in [-0.2, 0) is 15.4 Å². The molecule has 0 unspecified atom stereocenters. The van der Waals surface area contributed by atoms with Crippen LogP contribution in [0.1, 0.15) is 42.3 Å². The topological polar surface area (TPSA) is 99.1 Å². The molecule has 2 N–H and O–H groups in total. The molecule has 0 fully saturated rings. The molecule has 2 aromatic carbocycles. The lowest BCUT2D eigenvalue weighted by atomic mass is 9.87. The highest BCUT2D eigenvalue weighted by molar-refractivity contribution is 7.89. The van der Waals surface area contributed by atoms with Gasteiger partial charge in [0.25, 0.3) is 15.9 Å². The fraction of sp³-hybridized carbons (Fsp3) is 0.222. The second kappa shape index (κ2) is 7.05. The number of hydrazine groups is 1. The molecular formula is C18H19N3O3S. The lowest BCUT2D eigenvalue weighted by Gasteiger charge is -2.19. The van der Waals surface area contributed by atoms with Crippen LogP contribution in [0.3, 0.4) is 0 Å². The van der Waals surface area contributed by atoms with Crippen LogP contribution >= 0.6 is 0 Å². The number of benzene rings is 2. The Hall–Kier alpha value is -2.69. The molecule has 6 nitrogen and oxygen atoms in total. The normalized spacial score (nSPS) is 11.6. The zero-order chi connectivity index (χ0) is 18.7. The van der Waals surface area contributed by atoms with Gasteiger partial charge in [-0.15, -0.1) is 4.83 Å². The lowest BCUT2D eigenvalue weighted by Crippen LogP contribution is -2.41. The Morgan fingerprint density at radius 1 is 1.08 bits per heavy atom. The van der Waals surface area contributed by atoms with Crippen molar-refractivity contribution in [2.45, 2.75) is 31.1 Å². The van der Waals surface area contributed by atoms with Crippen molar-refractivity contribution in [2.24, 2.45) is 0 Å². The van der Waals surface area contributed by atoms with Crippen molar-refractivity contribution < 1.29 is 13.2 Å². The number of nitriles is 1. The maximum Gasteiger partial charge on any atom is 0.266 e. The first-order valence-electron chi connectivity index (χ1n) is 7.56. The van der Waals surface area contributed by atoms with Gasteiger partial charge in [0, 0.05) is 5.56 Å². The minimum atomic E-state index is -3.96. The van der Waals surface area contributed by atoms with Gasteiger partial charge in [-0.3, -0.25) is 10.2 Å². The summed E-state index contributed by atoms with van der Waals surface area (Å²) in [6.07, 6.45) is 0. The summed E-state index contributed by atoms with van der Waals surface area (Å²) in [6.45, 7) is 6.18. The SMILES string of the molecule is CC(C)(C)c1ccc(C(=O)NNS(=O)(=O)c2cccc(C#N)c2)cc1. The van der Waals surface area contributed by atoms with Crippen LogP contribution < -0.4 is 10.3 Å². The molecule has 0 aliphatic rings. The van der Waals surface area contributed by atoms with Gasteiger partial charge in [0.05, 0.1) is 16.5 Å². The number of carbonyl (C=O) groups is 1. The molecular weight excluding hydrogens is 338 g/mol. The molecule has 0 saturated heterocycles. The summed E-state index contributed by atoms with van der Waals surface area (Å²) in [6, 6.07) is 14.3. The maximum atomic E-state index is 12.2. The summed E-state index contributed by atoms with van der Waals surface area (Å²) in [4.78, 5) is 14.0. The summed E-state index contributed by atoms with van der Waals surface area (Å²) in [5.74, 6) is -0.569. The van der Waals surface area contributed by atoms with E-state index in [9.17, 15) is 13.2 Å². The number of rotatable bonds is 4. The van der Waals surface area contributed by atoms with Crippen LogP contribution in [-0.4, -0.2) is 14.3 Å². The Kier molecular flexibility index (Phi) is 5.26. The van der Waals surface area contributed by atoms with Crippen LogP contribution in [0.4, 0.5) is 0 Å². The Labute approximate surface area is 147 Å². The van der Waals surface area contributed by atoms with Gasteiger partial charge in [-0.05, 0) is 41.3 Å². The van der Waals surface area contributed by atoms with Crippen LogP contribution in [0, 0.1) is 11.3 Å². The van der Waals surface area contributed by atoms with E-state index in [0.29, 0.717) is 5.56 Å². The van der Waals surface area contributed by atoms with E-state index in [1.54, 1.807) is 12.1 Å². The van der Waals surface area contributed by atoms with E-state index < -0.39 is 15.9 Å². The first kappa shape index (κ1) is 18.6. The molecule has 0 bridgehead atoms. The third kappa shape index (κ3) is 4.66. The van der Waals surface area contributed by atoms with Crippen molar-refractivity contribution in [1.29, 1.82) is 5.26 Å². The highest BCUT2D eigenvalue weighted by Crippen LogP contribution is 2.22. The van der Waals surface area contributed by atoms with E-state index >= 15 is 0 Å². The molecule has 0 saturated carbocycles. The van der Waals surface area contributed by atoms with Crippen molar-refractivity contribution in [3.05, 3.63) is 65.2 Å². The largest absolute Gasteiger partial charge is 0.273 e. The van der Waals surface area contributed by atoms with Gasteiger partial charge in [0.1, 0.15) is 0 Å². The lowest BCUT2D eigenvalue weighted by molar-refractivity contribution is 0.0945. The molecule has 0 atom stereocenters. The van der Waals surface area contributed by atoms with Crippen LogP contribution in [0.5, 0.6) is 0 Å². The van der Waals surface area contributed by atoms with Gasteiger partial charge < -0.3 is 0 Å². The fourth-order valence-corrected chi connectivity index (χ4v) is 2.98. The number of nitrogens with one attached hydrogen (secondary N) is 2. The molecule has 0 spiro atoms. The fourth-order valence-electron chi connectivity index (χ4n) is 2.10. The Balaban J connectivity index is 2.09. The minimum Gasteiger partial charge on any atom is -0.273 e. The summed E-state index contributed by atoms with van der Waals surface area (Å²) in [5.41, 5.74) is 3.75. The van der Waals surface area contributed by atoms with Crippen molar-refractivity contribution >= 4 is 15.9 Å². The van der Waals surface area contributed by atoms with Crippen LogP contribution in [0.25, 0.3) is 0 Å². The van der Waals surface area contributed by atoms with E-state index in [2.05, 4.69) is 26.2 Å².